The highest BCUT2D eigenvalue weighted by Crippen LogP contribution is 2.30. The number of hydrogen-bond donors (Lipinski definition) is 3. The fraction of sp³-hybridized carbons (Fsp3) is 0.318. The molecule has 1 aromatic carbocycles. The molecule has 1 aliphatic carbocycles. The van der Waals surface area contributed by atoms with Crippen molar-refractivity contribution in [3.63, 3.8) is 0 Å². The summed E-state index contributed by atoms with van der Waals surface area (Å²) in [6, 6.07) is 7.38. The van der Waals surface area contributed by atoms with E-state index in [1.807, 2.05) is 6.92 Å². The van der Waals surface area contributed by atoms with E-state index >= 15 is 0 Å². The lowest BCUT2D eigenvalue weighted by molar-refractivity contribution is 0.120. The Balaban J connectivity index is 1.68. The number of aryl methyl sites for hydroxylation is 1. The van der Waals surface area contributed by atoms with E-state index in [-0.39, 0.29) is 28.6 Å². The van der Waals surface area contributed by atoms with Gasteiger partial charge in [-0.3, -0.25) is 0 Å². The van der Waals surface area contributed by atoms with Gasteiger partial charge in [0.25, 0.3) is 0 Å². The van der Waals surface area contributed by atoms with Crippen LogP contribution in [-0.4, -0.2) is 40.6 Å². The number of hydrogen-bond acceptors (Lipinski definition) is 7. The molecule has 0 radical (unpaired) electrons. The number of anilines is 1. The van der Waals surface area contributed by atoms with Gasteiger partial charge in [-0.2, -0.15) is 4.39 Å². The maximum Gasteiger partial charge on any atom is 0.240 e. The molecule has 32 heavy (non-hydrogen) atoms. The highest BCUT2D eigenvalue weighted by Gasteiger charge is 2.25. The third-order valence-electron chi connectivity index (χ3n) is 5.61. The smallest absolute Gasteiger partial charge is 0.240 e. The zero-order valence-corrected chi connectivity index (χ0v) is 18.3. The quantitative estimate of drug-likeness (QED) is 0.502. The van der Waals surface area contributed by atoms with Crippen LogP contribution in [0.3, 0.4) is 0 Å². The molecule has 8 nitrogen and oxygen atoms in total. The molecule has 168 valence electrons. The lowest BCUT2D eigenvalue weighted by Gasteiger charge is -2.26. The summed E-state index contributed by atoms with van der Waals surface area (Å²) in [7, 11) is -3.76. The Kier molecular flexibility index (Phi) is 6.18. The SMILES string of the molecule is Cc1ccc(S(=O)(=O)NC2CCC(O)CC2)cc1-c1cnc(N)c(-c2ccnc(F)c2)n1. The summed E-state index contributed by atoms with van der Waals surface area (Å²) in [6.07, 6.45) is 4.74. The Morgan fingerprint density at radius 1 is 1.12 bits per heavy atom. The number of halogens is 1. The van der Waals surface area contributed by atoms with Crippen molar-refractivity contribution in [3.8, 4) is 22.5 Å². The molecule has 0 aliphatic heterocycles. The predicted octanol–water partition coefficient (Wildman–Crippen LogP) is 2.82. The first-order valence-corrected chi connectivity index (χ1v) is 11.8. The highest BCUT2D eigenvalue weighted by molar-refractivity contribution is 7.89. The Bertz CT molecular complexity index is 1240. The van der Waals surface area contributed by atoms with Gasteiger partial charge < -0.3 is 10.8 Å². The van der Waals surface area contributed by atoms with Gasteiger partial charge in [0, 0.05) is 29.4 Å². The molecular weight excluding hydrogens is 433 g/mol. The highest BCUT2D eigenvalue weighted by atomic mass is 32.2. The van der Waals surface area contributed by atoms with Crippen LogP contribution in [0.15, 0.2) is 47.6 Å². The first-order chi connectivity index (χ1) is 15.2. The summed E-state index contributed by atoms with van der Waals surface area (Å²) in [4.78, 5) is 12.4. The van der Waals surface area contributed by atoms with Crippen molar-refractivity contribution in [1.82, 2.24) is 19.7 Å². The number of nitrogens with one attached hydrogen (secondary N) is 1. The van der Waals surface area contributed by atoms with E-state index in [1.165, 1.54) is 18.5 Å². The normalized spacial score (nSPS) is 19.1. The molecule has 0 atom stereocenters. The van der Waals surface area contributed by atoms with Gasteiger partial charge in [-0.25, -0.2) is 28.1 Å². The number of aromatic nitrogens is 3. The topological polar surface area (TPSA) is 131 Å². The molecule has 0 spiro atoms. The molecule has 0 bridgehead atoms. The van der Waals surface area contributed by atoms with Crippen molar-refractivity contribution < 1.29 is 17.9 Å². The maximum atomic E-state index is 13.6. The van der Waals surface area contributed by atoms with E-state index in [0.717, 1.165) is 5.56 Å². The molecule has 2 heterocycles. The molecular formula is C22H24FN5O3S. The Morgan fingerprint density at radius 2 is 1.88 bits per heavy atom. The molecule has 4 rings (SSSR count). The van der Waals surface area contributed by atoms with Crippen molar-refractivity contribution >= 4 is 15.8 Å². The van der Waals surface area contributed by atoms with E-state index in [0.29, 0.717) is 42.5 Å². The summed E-state index contributed by atoms with van der Waals surface area (Å²) in [5.74, 6) is -0.540. The third-order valence-corrected chi connectivity index (χ3v) is 7.13. The van der Waals surface area contributed by atoms with Crippen LogP contribution in [0.5, 0.6) is 0 Å². The minimum Gasteiger partial charge on any atom is -0.393 e. The molecule has 1 fully saturated rings. The lowest BCUT2D eigenvalue weighted by atomic mass is 9.94. The average Bonchev–Trinajstić information content (AvgIpc) is 2.76. The molecule has 3 aromatic rings. The first-order valence-electron chi connectivity index (χ1n) is 10.3. The van der Waals surface area contributed by atoms with Crippen LogP contribution in [-0.2, 0) is 10.0 Å². The summed E-state index contributed by atoms with van der Waals surface area (Å²) in [5, 5.41) is 9.65. The molecule has 4 N–H and O–H groups in total. The predicted molar refractivity (Wildman–Crippen MR) is 118 cm³/mol. The van der Waals surface area contributed by atoms with Crippen molar-refractivity contribution in [2.75, 3.05) is 5.73 Å². The lowest BCUT2D eigenvalue weighted by Crippen LogP contribution is -2.38. The van der Waals surface area contributed by atoms with E-state index < -0.39 is 16.0 Å². The summed E-state index contributed by atoms with van der Waals surface area (Å²) in [5.41, 5.74) is 8.47. The van der Waals surface area contributed by atoms with Crippen LogP contribution >= 0.6 is 0 Å². The molecule has 0 unspecified atom stereocenters. The van der Waals surface area contributed by atoms with Crippen molar-refractivity contribution in [3.05, 3.63) is 54.2 Å². The number of benzene rings is 1. The van der Waals surface area contributed by atoms with Gasteiger partial charge in [0.1, 0.15) is 11.5 Å². The van der Waals surface area contributed by atoms with Crippen molar-refractivity contribution in [1.29, 1.82) is 0 Å². The van der Waals surface area contributed by atoms with Crippen LogP contribution in [0.4, 0.5) is 10.2 Å². The van der Waals surface area contributed by atoms with Crippen LogP contribution in [0, 0.1) is 12.9 Å². The van der Waals surface area contributed by atoms with E-state index in [1.54, 1.807) is 24.3 Å². The second kappa shape index (κ2) is 8.89. The number of sulfonamides is 1. The van der Waals surface area contributed by atoms with Gasteiger partial charge in [0.05, 0.1) is 22.9 Å². The molecule has 0 saturated heterocycles. The number of aliphatic hydroxyl groups is 1. The Labute approximate surface area is 185 Å². The van der Waals surface area contributed by atoms with E-state index in [4.69, 9.17) is 5.73 Å². The monoisotopic (exact) mass is 457 g/mol. The third kappa shape index (κ3) is 4.77. The first kappa shape index (κ1) is 22.3. The minimum absolute atomic E-state index is 0.111. The largest absolute Gasteiger partial charge is 0.393 e. The number of nitrogen functional groups attached to an aromatic ring is 1. The summed E-state index contributed by atoms with van der Waals surface area (Å²) >= 11 is 0. The van der Waals surface area contributed by atoms with Gasteiger partial charge in [-0.15, -0.1) is 0 Å². The van der Waals surface area contributed by atoms with Crippen molar-refractivity contribution in [2.45, 2.75) is 49.6 Å². The summed E-state index contributed by atoms with van der Waals surface area (Å²) < 4.78 is 42.3. The second-order valence-corrected chi connectivity index (χ2v) is 9.67. The Morgan fingerprint density at radius 3 is 2.59 bits per heavy atom. The Hall–Kier alpha value is -2.95. The van der Waals surface area contributed by atoms with Gasteiger partial charge >= 0.3 is 0 Å². The summed E-state index contributed by atoms with van der Waals surface area (Å²) in [6.45, 7) is 1.84. The minimum atomic E-state index is -3.76. The van der Waals surface area contributed by atoms with Crippen LogP contribution in [0.2, 0.25) is 0 Å². The fourth-order valence-corrected chi connectivity index (χ4v) is 5.15. The zero-order chi connectivity index (χ0) is 22.9. The molecule has 10 heteroatoms. The molecule has 1 saturated carbocycles. The number of nitrogens with zero attached hydrogens (tertiary/aromatic N) is 3. The number of aliphatic hydroxyl groups excluding tert-OH is 1. The molecule has 2 aromatic heterocycles. The van der Waals surface area contributed by atoms with Gasteiger partial charge in [0.2, 0.25) is 16.0 Å². The zero-order valence-electron chi connectivity index (χ0n) is 17.5. The number of nitrogens with two attached hydrogens (primary N) is 1. The van der Waals surface area contributed by atoms with Crippen LogP contribution in [0.1, 0.15) is 31.2 Å². The second-order valence-electron chi connectivity index (χ2n) is 7.96. The van der Waals surface area contributed by atoms with Crippen LogP contribution in [0.25, 0.3) is 22.5 Å². The number of rotatable bonds is 5. The number of pyridine rings is 1. The van der Waals surface area contributed by atoms with Crippen molar-refractivity contribution in [2.24, 2.45) is 0 Å². The van der Waals surface area contributed by atoms with E-state index in [2.05, 4.69) is 19.7 Å². The fourth-order valence-electron chi connectivity index (χ4n) is 3.82. The average molecular weight is 458 g/mol. The standard InChI is InChI=1S/C22H24FN5O3S/c1-13-2-7-17(32(30,31)28-15-3-5-16(29)6-4-15)11-18(13)19-12-26-22(24)21(27-19)14-8-9-25-20(23)10-14/h2,7-12,15-16,28-29H,3-6H2,1H3,(H2,24,26). The van der Waals surface area contributed by atoms with E-state index in [9.17, 15) is 17.9 Å². The van der Waals surface area contributed by atoms with Gasteiger partial charge in [-0.05, 0) is 56.4 Å². The van der Waals surface area contributed by atoms with Gasteiger partial charge in [0.15, 0.2) is 0 Å². The molecule has 0 amide bonds. The van der Waals surface area contributed by atoms with Crippen LogP contribution < -0.4 is 10.5 Å². The van der Waals surface area contributed by atoms with Gasteiger partial charge in [-0.1, -0.05) is 6.07 Å². The maximum absolute atomic E-state index is 13.6. The molecule has 1 aliphatic rings.